The van der Waals surface area contributed by atoms with Crippen molar-refractivity contribution in [3.05, 3.63) is 83.4 Å². The minimum absolute atomic E-state index is 0.0285. The number of hydrogen-bond acceptors (Lipinski definition) is 3. The van der Waals surface area contributed by atoms with E-state index in [2.05, 4.69) is 17.4 Å². The van der Waals surface area contributed by atoms with Crippen LogP contribution in [0.4, 0.5) is 0 Å². The van der Waals surface area contributed by atoms with Gasteiger partial charge < -0.3 is 15.8 Å². The van der Waals surface area contributed by atoms with Crippen LogP contribution in [-0.2, 0) is 11.3 Å². The third-order valence-electron chi connectivity index (χ3n) is 3.23. The van der Waals surface area contributed by atoms with Gasteiger partial charge in [-0.15, -0.1) is 0 Å². The van der Waals surface area contributed by atoms with Gasteiger partial charge in [-0.25, -0.2) is 0 Å². The Balaban J connectivity index is 1.77. The van der Waals surface area contributed by atoms with Crippen LogP contribution < -0.4 is 11.1 Å². The monoisotopic (exact) mass is 252 g/mol. The Morgan fingerprint density at radius 3 is 2.79 bits per heavy atom. The quantitative estimate of drug-likeness (QED) is 0.868. The largest absolute Gasteiger partial charge is 0.489 e. The minimum Gasteiger partial charge on any atom is -0.489 e. The summed E-state index contributed by atoms with van der Waals surface area (Å²) in [5, 5.41) is 3.24. The highest BCUT2D eigenvalue weighted by molar-refractivity contribution is 5.48. The van der Waals surface area contributed by atoms with Gasteiger partial charge in [-0.2, -0.15) is 0 Å². The smallest absolute Gasteiger partial charge is 0.125 e. The molecule has 1 atom stereocenters. The minimum atomic E-state index is 0.0285. The Hall–Kier alpha value is -2.42. The van der Waals surface area contributed by atoms with Gasteiger partial charge in [0.1, 0.15) is 12.4 Å². The molecule has 2 aliphatic rings. The Morgan fingerprint density at radius 2 is 1.95 bits per heavy atom. The molecular weight excluding hydrogens is 236 g/mol. The van der Waals surface area contributed by atoms with Crippen molar-refractivity contribution in [3.63, 3.8) is 0 Å². The van der Waals surface area contributed by atoms with E-state index in [9.17, 15) is 0 Å². The molecule has 1 unspecified atom stereocenters. The number of ether oxygens (including phenoxy) is 1. The van der Waals surface area contributed by atoms with Crippen molar-refractivity contribution in [1.82, 2.24) is 5.32 Å². The molecule has 3 nitrogen and oxygen atoms in total. The van der Waals surface area contributed by atoms with Crippen molar-refractivity contribution in [2.45, 2.75) is 12.6 Å². The van der Waals surface area contributed by atoms with Gasteiger partial charge in [0.25, 0.3) is 0 Å². The van der Waals surface area contributed by atoms with Crippen molar-refractivity contribution >= 4 is 0 Å². The van der Waals surface area contributed by atoms with E-state index in [1.54, 1.807) is 0 Å². The van der Waals surface area contributed by atoms with Crippen LogP contribution in [-0.4, -0.2) is 6.04 Å². The standard InChI is InChI=1S/C16H16N2O/c17-14-8-9-15(13-7-4-10-18-16(13)14)19-11-12-5-2-1-3-6-12/h1-10,16,18H,11,17H2. The second-order valence-corrected chi connectivity index (χ2v) is 4.55. The lowest BCUT2D eigenvalue weighted by Crippen LogP contribution is -2.36. The zero-order valence-corrected chi connectivity index (χ0v) is 10.5. The zero-order chi connectivity index (χ0) is 13.1. The van der Waals surface area contributed by atoms with Gasteiger partial charge in [-0.05, 0) is 30.0 Å². The molecule has 0 spiro atoms. The topological polar surface area (TPSA) is 47.3 Å². The third kappa shape index (κ3) is 2.40. The van der Waals surface area contributed by atoms with Gasteiger partial charge in [-0.1, -0.05) is 36.4 Å². The first kappa shape index (κ1) is 11.7. The molecule has 3 heteroatoms. The molecule has 0 amide bonds. The SMILES string of the molecule is NC1=CC=C(OCc2ccccc2)C2=CC=CNC12. The number of nitrogens with two attached hydrogens (primary N) is 1. The number of hydrogen-bond donors (Lipinski definition) is 2. The molecule has 0 aromatic heterocycles. The lowest BCUT2D eigenvalue weighted by atomic mass is 9.95. The van der Waals surface area contributed by atoms with Crippen LogP contribution in [0.5, 0.6) is 0 Å². The van der Waals surface area contributed by atoms with Crippen LogP contribution >= 0.6 is 0 Å². The predicted molar refractivity (Wildman–Crippen MR) is 75.7 cm³/mol. The summed E-state index contributed by atoms with van der Waals surface area (Å²) in [5.74, 6) is 0.875. The fourth-order valence-electron chi connectivity index (χ4n) is 2.22. The molecule has 3 N–H and O–H groups in total. The second-order valence-electron chi connectivity index (χ2n) is 4.55. The van der Waals surface area contributed by atoms with E-state index in [4.69, 9.17) is 10.5 Å². The fourth-order valence-corrected chi connectivity index (χ4v) is 2.22. The van der Waals surface area contributed by atoms with Gasteiger partial charge in [-0.3, -0.25) is 0 Å². The number of fused-ring (bicyclic) bond motifs is 1. The second kappa shape index (κ2) is 5.06. The molecule has 0 bridgehead atoms. The van der Waals surface area contributed by atoms with Gasteiger partial charge in [0, 0.05) is 11.3 Å². The molecule has 1 heterocycles. The highest BCUT2D eigenvalue weighted by Gasteiger charge is 2.24. The summed E-state index contributed by atoms with van der Waals surface area (Å²) >= 11 is 0. The number of allylic oxidation sites excluding steroid dienone is 4. The van der Waals surface area contributed by atoms with Gasteiger partial charge in [0.2, 0.25) is 0 Å². The first-order valence-corrected chi connectivity index (χ1v) is 6.32. The summed E-state index contributed by atoms with van der Waals surface area (Å²) in [4.78, 5) is 0. The summed E-state index contributed by atoms with van der Waals surface area (Å²) < 4.78 is 5.91. The number of benzene rings is 1. The molecule has 3 rings (SSSR count). The van der Waals surface area contributed by atoms with E-state index >= 15 is 0 Å². The van der Waals surface area contributed by atoms with Crippen LogP contribution in [0.25, 0.3) is 0 Å². The van der Waals surface area contributed by atoms with E-state index in [0.717, 1.165) is 22.6 Å². The Morgan fingerprint density at radius 1 is 1.11 bits per heavy atom. The molecule has 0 saturated heterocycles. The maximum atomic E-state index is 5.98. The van der Waals surface area contributed by atoms with Crippen LogP contribution in [0, 0.1) is 0 Å². The lowest BCUT2D eigenvalue weighted by Gasteiger charge is -2.28. The third-order valence-corrected chi connectivity index (χ3v) is 3.23. The summed E-state index contributed by atoms with van der Waals surface area (Å²) in [7, 11) is 0. The number of dihydropyridines is 1. The maximum absolute atomic E-state index is 5.98. The average Bonchev–Trinajstić information content (AvgIpc) is 2.48. The van der Waals surface area contributed by atoms with Crippen LogP contribution in [0.15, 0.2) is 77.9 Å². The molecule has 96 valence electrons. The predicted octanol–water partition coefficient (Wildman–Crippen LogP) is 2.36. The van der Waals surface area contributed by atoms with E-state index in [-0.39, 0.29) is 6.04 Å². The van der Waals surface area contributed by atoms with E-state index < -0.39 is 0 Å². The summed E-state index contributed by atoms with van der Waals surface area (Å²) in [5.41, 5.74) is 9.03. The van der Waals surface area contributed by atoms with Crippen molar-refractivity contribution < 1.29 is 4.74 Å². The van der Waals surface area contributed by atoms with Gasteiger partial charge >= 0.3 is 0 Å². The Kier molecular flexibility index (Phi) is 3.11. The molecule has 1 aromatic carbocycles. The molecule has 0 saturated carbocycles. The molecule has 1 aromatic rings. The summed E-state index contributed by atoms with van der Waals surface area (Å²) in [6.07, 6.45) is 9.73. The van der Waals surface area contributed by atoms with E-state index in [1.807, 2.05) is 48.7 Å². The molecular formula is C16H16N2O. The number of rotatable bonds is 3. The number of nitrogens with one attached hydrogen (secondary N) is 1. The van der Waals surface area contributed by atoms with Crippen molar-refractivity contribution in [3.8, 4) is 0 Å². The summed E-state index contributed by atoms with van der Waals surface area (Å²) in [6, 6.07) is 10.2. The molecule has 0 fully saturated rings. The van der Waals surface area contributed by atoms with Gasteiger partial charge in [0.15, 0.2) is 0 Å². The first-order chi connectivity index (χ1) is 9.34. The van der Waals surface area contributed by atoms with Crippen LogP contribution in [0.1, 0.15) is 5.56 Å². The Bertz CT molecular complexity index is 582. The Labute approximate surface area is 112 Å². The highest BCUT2D eigenvalue weighted by Crippen LogP contribution is 2.26. The normalized spacial score (nSPS) is 20.6. The van der Waals surface area contributed by atoms with Crippen molar-refractivity contribution in [2.24, 2.45) is 5.73 Å². The molecule has 0 radical (unpaired) electrons. The lowest BCUT2D eigenvalue weighted by molar-refractivity contribution is 0.203. The molecule has 1 aliphatic heterocycles. The summed E-state index contributed by atoms with van der Waals surface area (Å²) in [6.45, 7) is 0.564. The zero-order valence-electron chi connectivity index (χ0n) is 10.5. The van der Waals surface area contributed by atoms with E-state index in [1.165, 1.54) is 0 Å². The van der Waals surface area contributed by atoms with Crippen LogP contribution in [0.3, 0.4) is 0 Å². The average molecular weight is 252 g/mol. The molecule has 19 heavy (non-hydrogen) atoms. The molecule has 1 aliphatic carbocycles. The highest BCUT2D eigenvalue weighted by atomic mass is 16.5. The van der Waals surface area contributed by atoms with Crippen molar-refractivity contribution in [1.29, 1.82) is 0 Å². The maximum Gasteiger partial charge on any atom is 0.125 e. The van der Waals surface area contributed by atoms with Gasteiger partial charge in [0.05, 0.1) is 6.04 Å². The van der Waals surface area contributed by atoms with Crippen LogP contribution in [0.2, 0.25) is 0 Å². The van der Waals surface area contributed by atoms with E-state index in [0.29, 0.717) is 6.61 Å². The van der Waals surface area contributed by atoms with Crippen molar-refractivity contribution in [2.75, 3.05) is 0 Å². The first-order valence-electron chi connectivity index (χ1n) is 6.32. The fraction of sp³-hybridized carbons (Fsp3) is 0.125.